The summed E-state index contributed by atoms with van der Waals surface area (Å²) in [5, 5.41) is 8.49. The minimum absolute atomic E-state index is 0.159. The van der Waals surface area contributed by atoms with Crippen molar-refractivity contribution >= 4 is 7.29 Å². The zero-order chi connectivity index (χ0) is 11.4. The Morgan fingerprint density at radius 1 is 1.29 bits per heavy atom. The van der Waals surface area contributed by atoms with E-state index in [1.165, 1.54) is 0 Å². The summed E-state index contributed by atoms with van der Waals surface area (Å²) in [6.07, 6.45) is 0.444. The van der Waals surface area contributed by atoms with Gasteiger partial charge in [0.15, 0.2) is 7.29 Å². The van der Waals surface area contributed by atoms with E-state index in [9.17, 15) is 4.57 Å². The van der Waals surface area contributed by atoms with E-state index in [0.717, 1.165) is 0 Å². The SMILES string of the molecule is CC(C)P(=O)(C(C)C)N(C)CCC#N. The van der Waals surface area contributed by atoms with Crippen molar-refractivity contribution in [2.75, 3.05) is 13.6 Å². The molecular weight excluding hydrogens is 195 g/mol. The van der Waals surface area contributed by atoms with Crippen molar-refractivity contribution in [1.82, 2.24) is 4.67 Å². The largest absolute Gasteiger partial charge is 0.306 e. The summed E-state index contributed by atoms with van der Waals surface area (Å²) in [6, 6.07) is 2.09. The molecule has 0 heterocycles. The maximum absolute atomic E-state index is 12.6. The van der Waals surface area contributed by atoms with E-state index in [-0.39, 0.29) is 11.3 Å². The first-order valence-electron chi connectivity index (χ1n) is 5.05. The highest BCUT2D eigenvalue weighted by atomic mass is 31.2. The third kappa shape index (κ3) is 2.83. The molecule has 0 unspecified atom stereocenters. The van der Waals surface area contributed by atoms with E-state index in [0.29, 0.717) is 13.0 Å². The highest BCUT2D eigenvalue weighted by Crippen LogP contribution is 2.57. The molecule has 0 aliphatic carbocycles. The molecule has 0 aromatic carbocycles. The van der Waals surface area contributed by atoms with Crippen LogP contribution in [0.1, 0.15) is 34.1 Å². The quantitative estimate of drug-likeness (QED) is 0.664. The highest BCUT2D eigenvalue weighted by Gasteiger charge is 2.34. The summed E-state index contributed by atoms with van der Waals surface area (Å²) in [5.41, 5.74) is 0.317. The summed E-state index contributed by atoms with van der Waals surface area (Å²) < 4.78 is 14.5. The van der Waals surface area contributed by atoms with Gasteiger partial charge in [-0.3, -0.25) is 4.67 Å². The molecule has 0 spiro atoms. The molecule has 0 saturated heterocycles. The Kier molecular flexibility index (Phi) is 5.41. The van der Waals surface area contributed by atoms with Crippen LogP contribution >= 0.6 is 7.29 Å². The van der Waals surface area contributed by atoms with Crippen LogP contribution in [0.4, 0.5) is 0 Å². The lowest BCUT2D eigenvalue weighted by molar-refractivity contribution is 0.458. The van der Waals surface area contributed by atoms with Gasteiger partial charge < -0.3 is 4.57 Å². The molecule has 0 aromatic rings. The molecular formula is C10H21N2OP. The zero-order valence-electron chi connectivity index (χ0n) is 9.82. The zero-order valence-corrected chi connectivity index (χ0v) is 10.7. The Morgan fingerprint density at radius 2 is 1.71 bits per heavy atom. The lowest BCUT2D eigenvalue weighted by Gasteiger charge is -2.34. The molecule has 0 aliphatic rings. The van der Waals surface area contributed by atoms with Gasteiger partial charge in [0, 0.05) is 24.3 Å². The lowest BCUT2D eigenvalue weighted by atomic mass is 10.5. The van der Waals surface area contributed by atoms with Gasteiger partial charge in [-0.25, -0.2) is 0 Å². The van der Waals surface area contributed by atoms with E-state index in [1.807, 2.05) is 39.4 Å². The van der Waals surface area contributed by atoms with Crippen LogP contribution in [-0.4, -0.2) is 29.6 Å². The summed E-state index contributed by atoms with van der Waals surface area (Å²) in [6.45, 7) is 8.56. The second-order valence-corrected chi connectivity index (χ2v) is 8.24. The maximum atomic E-state index is 12.6. The van der Waals surface area contributed by atoms with Crippen LogP contribution in [0.25, 0.3) is 0 Å². The third-order valence-corrected chi connectivity index (χ3v) is 6.79. The highest BCUT2D eigenvalue weighted by molar-refractivity contribution is 7.62. The van der Waals surface area contributed by atoms with Gasteiger partial charge in [-0.2, -0.15) is 5.26 Å². The molecule has 0 N–H and O–H groups in total. The number of hydrogen-bond acceptors (Lipinski definition) is 2. The average molecular weight is 216 g/mol. The van der Waals surface area contributed by atoms with Gasteiger partial charge in [0.05, 0.1) is 6.07 Å². The predicted octanol–water partition coefficient (Wildman–Crippen LogP) is 2.93. The van der Waals surface area contributed by atoms with Gasteiger partial charge in [0.1, 0.15) is 0 Å². The number of nitriles is 1. The summed E-state index contributed by atoms with van der Waals surface area (Å²) in [7, 11) is -0.443. The smallest absolute Gasteiger partial charge is 0.154 e. The lowest BCUT2D eigenvalue weighted by Crippen LogP contribution is -2.26. The second-order valence-electron chi connectivity index (χ2n) is 4.15. The molecule has 3 nitrogen and oxygen atoms in total. The van der Waals surface area contributed by atoms with Crippen LogP contribution in [0.15, 0.2) is 0 Å². The first-order valence-corrected chi connectivity index (χ1v) is 6.85. The Bertz CT molecular complexity index is 243. The van der Waals surface area contributed by atoms with E-state index < -0.39 is 7.29 Å². The van der Waals surface area contributed by atoms with Crippen LogP contribution in [-0.2, 0) is 4.57 Å². The van der Waals surface area contributed by atoms with Gasteiger partial charge in [-0.05, 0) is 7.05 Å². The average Bonchev–Trinajstić information content (AvgIpc) is 2.11. The Labute approximate surface area is 87.5 Å². The van der Waals surface area contributed by atoms with Gasteiger partial charge in [0.25, 0.3) is 0 Å². The first kappa shape index (κ1) is 13.7. The fourth-order valence-corrected chi connectivity index (χ4v) is 4.93. The number of nitrogens with zero attached hydrogens (tertiary/aromatic N) is 2. The molecule has 0 rings (SSSR count). The summed E-state index contributed by atoms with van der Waals surface area (Å²) in [4.78, 5) is 0. The fourth-order valence-electron chi connectivity index (χ4n) is 1.75. The van der Waals surface area contributed by atoms with Gasteiger partial charge in [-0.15, -0.1) is 0 Å². The molecule has 0 saturated carbocycles. The molecule has 0 aromatic heterocycles. The maximum Gasteiger partial charge on any atom is 0.154 e. The van der Waals surface area contributed by atoms with E-state index in [2.05, 4.69) is 6.07 Å². The van der Waals surface area contributed by atoms with Crippen molar-refractivity contribution < 1.29 is 4.57 Å². The normalized spacial score (nSPS) is 12.5. The van der Waals surface area contributed by atoms with Crippen LogP contribution in [0.2, 0.25) is 0 Å². The van der Waals surface area contributed by atoms with Crippen LogP contribution in [0.5, 0.6) is 0 Å². The van der Waals surface area contributed by atoms with Crippen molar-refractivity contribution in [3.05, 3.63) is 0 Å². The molecule has 0 fully saturated rings. The number of rotatable bonds is 5. The Hall–Kier alpha value is -0.320. The van der Waals surface area contributed by atoms with Crippen molar-refractivity contribution in [2.24, 2.45) is 0 Å². The molecule has 82 valence electrons. The summed E-state index contributed by atoms with van der Waals surface area (Å²) in [5.74, 6) is 0. The fraction of sp³-hybridized carbons (Fsp3) is 0.900. The molecule has 14 heavy (non-hydrogen) atoms. The molecule has 0 atom stereocenters. The van der Waals surface area contributed by atoms with E-state index >= 15 is 0 Å². The van der Waals surface area contributed by atoms with Crippen molar-refractivity contribution in [1.29, 1.82) is 5.26 Å². The summed E-state index contributed by atoms with van der Waals surface area (Å²) >= 11 is 0. The monoisotopic (exact) mass is 216 g/mol. The van der Waals surface area contributed by atoms with Crippen LogP contribution in [0.3, 0.4) is 0 Å². The van der Waals surface area contributed by atoms with Crippen molar-refractivity contribution in [3.63, 3.8) is 0 Å². The molecule has 0 aliphatic heterocycles. The van der Waals surface area contributed by atoms with Gasteiger partial charge in [-0.1, -0.05) is 27.7 Å². The van der Waals surface area contributed by atoms with Crippen molar-refractivity contribution in [3.8, 4) is 6.07 Å². The molecule has 0 radical (unpaired) electrons. The van der Waals surface area contributed by atoms with Gasteiger partial charge in [0.2, 0.25) is 0 Å². The topological polar surface area (TPSA) is 44.1 Å². The van der Waals surface area contributed by atoms with Gasteiger partial charge >= 0.3 is 0 Å². The van der Waals surface area contributed by atoms with Crippen LogP contribution in [0, 0.1) is 11.3 Å². The van der Waals surface area contributed by atoms with E-state index in [1.54, 1.807) is 0 Å². The molecule has 0 bridgehead atoms. The number of hydrogen-bond donors (Lipinski definition) is 0. The standard InChI is InChI=1S/C10H21N2OP/c1-9(2)14(13,10(3)4)12(5)8-6-7-11/h9-10H,6,8H2,1-5H3. The Morgan fingerprint density at radius 3 is 2.00 bits per heavy atom. The molecule has 0 amide bonds. The first-order chi connectivity index (χ1) is 6.37. The third-order valence-electron chi connectivity index (χ3n) is 2.56. The Balaban J connectivity index is 4.68. The second kappa shape index (κ2) is 5.53. The van der Waals surface area contributed by atoms with Crippen LogP contribution < -0.4 is 0 Å². The minimum atomic E-state index is -2.30. The molecule has 4 heteroatoms. The minimum Gasteiger partial charge on any atom is -0.306 e. The predicted molar refractivity (Wildman–Crippen MR) is 60.7 cm³/mol. The van der Waals surface area contributed by atoms with E-state index in [4.69, 9.17) is 5.26 Å². The van der Waals surface area contributed by atoms with Crippen molar-refractivity contribution in [2.45, 2.75) is 45.4 Å².